The Hall–Kier alpha value is -3.92. The molecular formula is C30H29F2N3O5. The number of carboxylic acid groups (broad SMARTS) is 1. The quantitative estimate of drug-likeness (QED) is 0.497. The number of aromatic nitrogens is 2. The normalized spacial score (nSPS) is 22.4. The maximum Gasteiger partial charge on any atom is 0.311 e. The highest BCUT2D eigenvalue weighted by Crippen LogP contribution is 2.47. The Morgan fingerprint density at radius 3 is 2.50 bits per heavy atom. The maximum absolute atomic E-state index is 15.5. The summed E-state index contributed by atoms with van der Waals surface area (Å²) in [5.41, 5.74) is -0.00771. The van der Waals surface area contributed by atoms with Gasteiger partial charge in [0.25, 0.3) is 5.91 Å². The molecule has 2 aromatic carbocycles. The number of halogens is 2. The number of aliphatic carboxylic acids is 1. The van der Waals surface area contributed by atoms with Crippen LogP contribution in [0.25, 0.3) is 0 Å². The lowest BCUT2D eigenvalue weighted by Crippen LogP contribution is -2.52. The van der Waals surface area contributed by atoms with E-state index in [0.29, 0.717) is 51.0 Å². The van der Waals surface area contributed by atoms with Gasteiger partial charge in [-0.15, -0.1) is 0 Å². The van der Waals surface area contributed by atoms with Crippen molar-refractivity contribution in [3.63, 3.8) is 0 Å². The van der Waals surface area contributed by atoms with Crippen LogP contribution in [-0.2, 0) is 9.53 Å². The molecule has 0 spiro atoms. The number of ether oxygens (including phenoxy) is 1. The van der Waals surface area contributed by atoms with Crippen molar-refractivity contribution in [2.75, 3.05) is 19.8 Å². The van der Waals surface area contributed by atoms with E-state index in [2.05, 4.69) is 5.10 Å². The first kappa shape index (κ1) is 26.3. The zero-order valence-electron chi connectivity index (χ0n) is 21.7. The number of carboxylic acids is 1. The number of fused-ring (bicyclic) bond motifs is 2. The molecule has 0 radical (unpaired) electrons. The van der Waals surface area contributed by atoms with Gasteiger partial charge in [0.2, 0.25) is 5.43 Å². The molecule has 1 unspecified atom stereocenters. The van der Waals surface area contributed by atoms with Gasteiger partial charge in [0.1, 0.15) is 5.69 Å². The molecular weight excluding hydrogens is 520 g/mol. The first-order valence-corrected chi connectivity index (χ1v) is 13.6. The molecule has 0 bridgehead atoms. The summed E-state index contributed by atoms with van der Waals surface area (Å²) in [6, 6.07) is 12.0. The molecule has 208 valence electrons. The van der Waals surface area contributed by atoms with Crippen LogP contribution in [0.4, 0.5) is 8.78 Å². The molecule has 8 nitrogen and oxygen atoms in total. The van der Waals surface area contributed by atoms with Gasteiger partial charge in [-0.25, -0.2) is 8.78 Å². The average molecular weight is 550 g/mol. The second-order valence-corrected chi connectivity index (χ2v) is 10.7. The first-order valence-electron chi connectivity index (χ1n) is 13.6. The summed E-state index contributed by atoms with van der Waals surface area (Å²) in [5.74, 6) is -6.04. The molecule has 4 heterocycles. The second kappa shape index (κ2) is 10.6. The summed E-state index contributed by atoms with van der Waals surface area (Å²) in [6.45, 7) is 1.14. The number of hydrogen-bond donors (Lipinski definition) is 1. The molecule has 0 aliphatic carbocycles. The molecule has 4 atom stereocenters. The van der Waals surface area contributed by atoms with E-state index in [1.54, 1.807) is 17.0 Å². The number of nitrogens with zero attached hydrogens (tertiary/aromatic N) is 3. The summed E-state index contributed by atoms with van der Waals surface area (Å²) in [5, 5.41) is 14.8. The van der Waals surface area contributed by atoms with Crippen LogP contribution in [0.5, 0.6) is 0 Å². The average Bonchev–Trinajstić information content (AvgIpc) is 3.45. The molecule has 10 heteroatoms. The van der Waals surface area contributed by atoms with Crippen molar-refractivity contribution in [1.82, 2.24) is 14.7 Å². The zero-order chi connectivity index (χ0) is 28.0. The van der Waals surface area contributed by atoms with Crippen LogP contribution in [0, 0.1) is 17.6 Å². The topological polar surface area (TPSA) is 102 Å². The van der Waals surface area contributed by atoms with Crippen molar-refractivity contribution in [2.24, 2.45) is 5.92 Å². The van der Waals surface area contributed by atoms with Crippen LogP contribution in [-0.4, -0.2) is 57.5 Å². The van der Waals surface area contributed by atoms with Crippen LogP contribution in [0.1, 0.15) is 70.7 Å². The van der Waals surface area contributed by atoms with Crippen LogP contribution < -0.4 is 5.43 Å². The minimum absolute atomic E-state index is 0.0766. The van der Waals surface area contributed by atoms with E-state index in [4.69, 9.17) is 4.74 Å². The molecule has 0 saturated carbocycles. The van der Waals surface area contributed by atoms with Gasteiger partial charge in [0.05, 0.1) is 24.2 Å². The Kier molecular flexibility index (Phi) is 6.95. The van der Waals surface area contributed by atoms with Crippen molar-refractivity contribution in [2.45, 2.75) is 49.6 Å². The maximum atomic E-state index is 15.5. The molecule has 2 saturated heterocycles. The van der Waals surface area contributed by atoms with E-state index in [1.807, 2.05) is 18.2 Å². The highest BCUT2D eigenvalue weighted by molar-refractivity contribution is 5.97. The third kappa shape index (κ3) is 4.30. The van der Waals surface area contributed by atoms with Gasteiger partial charge in [0.15, 0.2) is 11.6 Å². The highest BCUT2D eigenvalue weighted by atomic mass is 19.2. The van der Waals surface area contributed by atoms with Crippen LogP contribution >= 0.6 is 0 Å². The summed E-state index contributed by atoms with van der Waals surface area (Å²) >= 11 is 0. The monoisotopic (exact) mass is 549 g/mol. The van der Waals surface area contributed by atoms with Gasteiger partial charge < -0.3 is 14.7 Å². The standard InChI is InChI=1S/C30H29F2N3O5/c31-20-9-4-8-19(26(20)32)23(17-6-2-1-3-7-17)27-21-10-5-13-34(21)29(37)28-25(22(36)16-33-35(27)28)24(30(38)39)18-11-14-40-15-12-18/h1-4,6-9,16,18,21,23-24,27H,5,10-15H2,(H,38,39)/t21-,23-,24?,27-/m1/s1. The van der Waals surface area contributed by atoms with E-state index in [9.17, 15) is 23.9 Å². The Labute approximate surface area is 229 Å². The summed E-state index contributed by atoms with van der Waals surface area (Å²) in [6.07, 6.45) is 3.20. The number of carbonyl (C=O) groups is 2. The fourth-order valence-corrected chi connectivity index (χ4v) is 6.88. The van der Waals surface area contributed by atoms with Crippen LogP contribution in [0.3, 0.4) is 0 Å². The largest absolute Gasteiger partial charge is 0.481 e. The molecule has 40 heavy (non-hydrogen) atoms. The van der Waals surface area contributed by atoms with Gasteiger partial charge in [-0.3, -0.25) is 19.1 Å². The van der Waals surface area contributed by atoms with Crippen molar-refractivity contribution in [1.29, 1.82) is 0 Å². The fourth-order valence-electron chi connectivity index (χ4n) is 6.88. The number of benzene rings is 2. The van der Waals surface area contributed by atoms with Gasteiger partial charge in [-0.2, -0.15) is 5.10 Å². The molecule has 3 aliphatic rings. The van der Waals surface area contributed by atoms with Gasteiger partial charge in [-0.05, 0) is 43.2 Å². The fraction of sp³-hybridized carbons (Fsp3) is 0.400. The Bertz CT molecular complexity index is 1500. The molecule has 1 aromatic heterocycles. The van der Waals surface area contributed by atoms with Crippen molar-refractivity contribution < 1.29 is 28.2 Å². The minimum Gasteiger partial charge on any atom is -0.481 e. The molecule has 2 fully saturated rings. The summed E-state index contributed by atoms with van der Waals surface area (Å²) in [4.78, 5) is 41.7. The lowest BCUT2D eigenvalue weighted by Gasteiger charge is -2.43. The predicted octanol–water partition coefficient (Wildman–Crippen LogP) is 4.11. The molecule has 3 aliphatic heterocycles. The number of rotatable bonds is 6. The molecule has 1 amide bonds. The Morgan fingerprint density at radius 1 is 1.02 bits per heavy atom. The van der Waals surface area contributed by atoms with Gasteiger partial charge >= 0.3 is 5.97 Å². The van der Waals surface area contributed by atoms with Crippen LogP contribution in [0.15, 0.2) is 59.5 Å². The minimum atomic E-state index is -1.23. The Balaban J connectivity index is 1.62. The van der Waals surface area contributed by atoms with E-state index in [1.165, 1.54) is 16.8 Å². The third-order valence-corrected chi connectivity index (χ3v) is 8.62. The second-order valence-electron chi connectivity index (χ2n) is 10.7. The smallest absolute Gasteiger partial charge is 0.311 e. The Morgan fingerprint density at radius 2 is 1.77 bits per heavy atom. The molecule has 6 rings (SSSR count). The van der Waals surface area contributed by atoms with E-state index < -0.39 is 58.8 Å². The predicted molar refractivity (Wildman–Crippen MR) is 140 cm³/mol. The number of amides is 1. The lowest BCUT2D eigenvalue weighted by atomic mass is 9.77. The van der Waals surface area contributed by atoms with Crippen molar-refractivity contribution in [3.05, 3.63) is 99.0 Å². The van der Waals surface area contributed by atoms with Crippen molar-refractivity contribution >= 4 is 11.9 Å². The van der Waals surface area contributed by atoms with E-state index in [-0.39, 0.29) is 16.8 Å². The first-order chi connectivity index (χ1) is 19.4. The summed E-state index contributed by atoms with van der Waals surface area (Å²) in [7, 11) is 0. The third-order valence-electron chi connectivity index (χ3n) is 8.62. The van der Waals surface area contributed by atoms with Gasteiger partial charge in [0, 0.05) is 36.8 Å². The van der Waals surface area contributed by atoms with E-state index >= 15 is 4.39 Å². The SMILES string of the molecule is O=C(O)C(c1c2n(ncc1=O)[C@@H]([C@H](c1ccccc1)c1cccc(F)c1F)[C@H]1CCCN1C2=O)C1CCOCC1. The lowest BCUT2D eigenvalue weighted by molar-refractivity contribution is -0.141. The number of hydrogen-bond acceptors (Lipinski definition) is 5. The summed E-state index contributed by atoms with van der Waals surface area (Å²) < 4.78 is 36.9. The van der Waals surface area contributed by atoms with Crippen LogP contribution in [0.2, 0.25) is 0 Å². The number of carbonyl (C=O) groups excluding carboxylic acids is 1. The highest BCUT2D eigenvalue weighted by Gasteiger charge is 2.50. The van der Waals surface area contributed by atoms with Crippen molar-refractivity contribution in [3.8, 4) is 0 Å². The zero-order valence-corrected chi connectivity index (χ0v) is 21.7. The van der Waals surface area contributed by atoms with E-state index in [0.717, 1.165) is 12.3 Å². The molecule has 3 aromatic rings. The van der Waals surface area contributed by atoms with Gasteiger partial charge in [-0.1, -0.05) is 42.5 Å². The molecule has 1 N–H and O–H groups in total.